The van der Waals surface area contributed by atoms with Gasteiger partial charge >= 0.3 is 0 Å². The van der Waals surface area contributed by atoms with Crippen LogP contribution in [0.2, 0.25) is 0 Å². The predicted molar refractivity (Wildman–Crippen MR) is 102 cm³/mol. The molecule has 0 N–H and O–H groups in total. The number of hydrogen-bond acceptors (Lipinski definition) is 1. The van der Waals surface area contributed by atoms with Crippen LogP contribution in [0, 0.1) is 34.6 Å². The first-order valence-corrected chi connectivity index (χ1v) is 8.44. The molecule has 0 aliphatic carbocycles. The van der Waals surface area contributed by atoms with Gasteiger partial charge in [0.15, 0.2) is 0 Å². The predicted octanol–water partition coefficient (Wildman–Crippen LogP) is 6.23. The second-order valence-electron chi connectivity index (χ2n) is 7.98. The van der Waals surface area contributed by atoms with Crippen molar-refractivity contribution in [3.8, 4) is 0 Å². The standard InChI is InChI=1S/C22H27N/c1-12-9-10-17-19(22(6,7)8)18-11-13(2)14(3)16(5)21(18)23-20(17)15(12)4/h9-11H,1-8H3. The first-order valence-electron chi connectivity index (χ1n) is 8.44. The van der Waals surface area contributed by atoms with Crippen molar-refractivity contribution in [2.45, 2.75) is 60.8 Å². The molecule has 1 nitrogen and oxygen atoms in total. The van der Waals surface area contributed by atoms with Gasteiger partial charge in [0.25, 0.3) is 0 Å². The van der Waals surface area contributed by atoms with E-state index in [2.05, 4.69) is 73.6 Å². The molecule has 0 saturated carbocycles. The van der Waals surface area contributed by atoms with Crippen LogP contribution in [0.3, 0.4) is 0 Å². The zero-order valence-corrected chi connectivity index (χ0v) is 15.7. The molecular formula is C22H27N. The fraction of sp³-hybridized carbons (Fsp3) is 0.409. The van der Waals surface area contributed by atoms with Gasteiger partial charge in [0.2, 0.25) is 0 Å². The van der Waals surface area contributed by atoms with Crippen LogP contribution in [0.1, 0.15) is 54.2 Å². The van der Waals surface area contributed by atoms with E-state index in [-0.39, 0.29) is 5.41 Å². The summed E-state index contributed by atoms with van der Waals surface area (Å²) >= 11 is 0. The summed E-state index contributed by atoms with van der Waals surface area (Å²) < 4.78 is 0. The lowest BCUT2D eigenvalue weighted by molar-refractivity contribution is 0.601. The van der Waals surface area contributed by atoms with Crippen LogP contribution in [-0.4, -0.2) is 4.98 Å². The Hall–Kier alpha value is -1.89. The maximum absolute atomic E-state index is 5.11. The lowest BCUT2D eigenvalue weighted by Crippen LogP contribution is -2.14. The van der Waals surface area contributed by atoms with Crippen LogP contribution < -0.4 is 0 Å². The van der Waals surface area contributed by atoms with Gasteiger partial charge in [-0.2, -0.15) is 0 Å². The molecule has 0 aliphatic heterocycles. The SMILES string of the molecule is Cc1cc2c(C(C)(C)C)c3ccc(C)c(C)c3nc2c(C)c1C. The summed E-state index contributed by atoms with van der Waals surface area (Å²) in [6.45, 7) is 17.9. The lowest BCUT2D eigenvalue weighted by Gasteiger charge is -2.25. The fourth-order valence-corrected chi connectivity index (χ4v) is 3.61. The highest BCUT2D eigenvalue weighted by Crippen LogP contribution is 2.39. The Labute approximate surface area is 139 Å². The number of pyridine rings is 1. The molecule has 0 saturated heterocycles. The Morgan fingerprint density at radius 1 is 0.696 bits per heavy atom. The molecule has 0 bridgehead atoms. The minimum absolute atomic E-state index is 0.0786. The Balaban J connectivity index is 2.68. The van der Waals surface area contributed by atoms with Gasteiger partial charge in [0.1, 0.15) is 0 Å². The van der Waals surface area contributed by atoms with E-state index in [4.69, 9.17) is 4.98 Å². The third-order valence-corrected chi connectivity index (χ3v) is 5.34. The Morgan fingerprint density at radius 3 is 1.91 bits per heavy atom. The summed E-state index contributed by atoms with van der Waals surface area (Å²) in [5.41, 5.74) is 10.5. The van der Waals surface area contributed by atoms with Crippen LogP contribution >= 0.6 is 0 Å². The number of benzene rings is 2. The van der Waals surface area contributed by atoms with Gasteiger partial charge in [-0.1, -0.05) is 32.9 Å². The second kappa shape index (κ2) is 5.06. The van der Waals surface area contributed by atoms with Crippen molar-refractivity contribution in [2.24, 2.45) is 0 Å². The van der Waals surface area contributed by atoms with E-state index < -0.39 is 0 Å². The highest BCUT2D eigenvalue weighted by Gasteiger charge is 2.23. The minimum Gasteiger partial charge on any atom is -0.247 e. The quantitative estimate of drug-likeness (QED) is 0.449. The third-order valence-electron chi connectivity index (χ3n) is 5.34. The highest BCUT2D eigenvalue weighted by atomic mass is 14.7. The molecule has 0 spiro atoms. The first-order chi connectivity index (χ1) is 10.6. The highest BCUT2D eigenvalue weighted by molar-refractivity contribution is 6.01. The summed E-state index contributed by atoms with van der Waals surface area (Å²) in [5, 5.41) is 2.62. The van der Waals surface area contributed by atoms with Crippen LogP contribution in [0.5, 0.6) is 0 Å². The number of rotatable bonds is 0. The van der Waals surface area contributed by atoms with Crippen molar-refractivity contribution in [1.82, 2.24) is 4.98 Å². The Kier molecular flexibility index (Phi) is 3.51. The zero-order valence-electron chi connectivity index (χ0n) is 15.7. The van der Waals surface area contributed by atoms with Gasteiger partial charge in [0, 0.05) is 10.8 Å². The lowest BCUT2D eigenvalue weighted by atomic mass is 9.80. The van der Waals surface area contributed by atoms with E-state index in [0.717, 1.165) is 5.52 Å². The first kappa shape index (κ1) is 16.0. The van der Waals surface area contributed by atoms with E-state index in [1.165, 1.54) is 49.7 Å². The largest absolute Gasteiger partial charge is 0.247 e. The maximum Gasteiger partial charge on any atom is 0.0744 e. The molecule has 0 fully saturated rings. The van der Waals surface area contributed by atoms with Crippen molar-refractivity contribution in [2.75, 3.05) is 0 Å². The molecule has 0 aliphatic rings. The average Bonchev–Trinajstić information content (AvgIpc) is 2.46. The summed E-state index contributed by atoms with van der Waals surface area (Å²) in [5.74, 6) is 0. The number of aromatic nitrogens is 1. The molecule has 1 heteroatoms. The van der Waals surface area contributed by atoms with E-state index in [1.807, 2.05) is 0 Å². The molecule has 23 heavy (non-hydrogen) atoms. The molecule has 3 rings (SSSR count). The normalized spacial score (nSPS) is 12.3. The van der Waals surface area contributed by atoms with Gasteiger partial charge < -0.3 is 0 Å². The maximum atomic E-state index is 5.11. The molecule has 2 aromatic carbocycles. The monoisotopic (exact) mass is 305 g/mol. The van der Waals surface area contributed by atoms with Gasteiger partial charge in [-0.15, -0.1) is 0 Å². The average molecular weight is 305 g/mol. The Morgan fingerprint density at radius 2 is 1.30 bits per heavy atom. The molecule has 3 aromatic rings. The van der Waals surface area contributed by atoms with Gasteiger partial charge in [-0.25, -0.2) is 4.98 Å². The second-order valence-corrected chi connectivity index (χ2v) is 7.98. The molecule has 120 valence electrons. The van der Waals surface area contributed by atoms with Crippen molar-refractivity contribution in [3.05, 3.63) is 51.6 Å². The van der Waals surface area contributed by atoms with Crippen LogP contribution in [-0.2, 0) is 5.41 Å². The van der Waals surface area contributed by atoms with Crippen molar-refractivity contribution in [1.29, 1.82) is 0 Å². The summed E-state index contributed by atoms with van der Waals surface area (Å²) in [4.78, 5) is 5.11. The molecule has 1 aromatic heterocycles. The Bertz CT molecular complexity index is 940. The van der Waals surface area contributed by atoms with E-state index in [0.29, 0.717) is 0 Å². The smallest absolute Gasteiger partial charge is 0.0744 e. The third kappa shape index (κ3) is 2.34. The van der Waals surface area contributed by atoms with E-state index >= 15 is 0 Å². The summed E-state index contributed by atoms with van der Waals surface area (Å²) in [6, 6.07) is 6.82. The molecule has 0 atom stereocenters. The fourth-order valence-electron chi connectivity index (χ4n) is 3.61. The number of hydrogen-bond donors (Lipinski definition) is 0. The van der Waals surface area contributed by atoms with Crippen LogP contribution in [0.25, 0.3) is 21.8 Å². The molecular weight excluding hydrogens is 278 g/mol. The molecule has 1 heterocycles. The molecule has 0 unspecified atom stereocenters. The molecule has 0 amide bonds. The number of aryl methyl sites for hydroxylation is 4. The van der Waals surface area contributed by atoms with Crippen molar-refractivity contribution < 1.29 is 0 Å². The topological polar surface area (TPSA) is 12.9 Å². The zero-order chi connectivity index (χ0) is 17.1. The van der Waals surface area contributed by atoms with Gasteiger partial charge in [0.05, 0.1) is 11.0 Å². The van der Waals surface area contributed by atoms with Gasteiger partial charge in [-0.05, 0) is 79.5 Å². The summed E-state index contributed by atoms with van der Waals surface area (Å²) in [7, 11) is 0. The number of nitrogens with zero attached hydrogens (tertiary/aromatic N) is 1. The number of fused-ring (bicyclic) bond motifs is 2. The molecule has 0 radical (unpaired) electrons. The van der Waals surface area contributed by atoms with E-state index in [1.54, 1.807) is 0 Å². The van der Waals surface area contributed by atoms with Crippen LogP contribution in [0.15, 0.2) is 18.2 Å². The van der Waals surface area contributed by atoms with Gasteiger partial charge in [-0.3, -0.25) is 0 Å². The van der Waals surface area contributed by atoms with Crippen molar-refractivity contribution >= 4 is 21.8 Å². The minimum atomic E-state index is 0.0786. The summed E-state index contributed by atoms with van der Waals surface area (Å²) in [6.07, 6.45) is 0. The van der Waals surface area contributed by atoms with Crippen molar-refractivity contribution in [3.63, 3.8) is 0 Å². The van der Waals surface area contributed by atoms with Crippen LogP contribution in [0.4, 0.5) is 0 Å². The van der Waals surface area contributed by atoms with E-state index in [9.17, 15) is 0 Å².